The Morgan fingerprint density at radius 1 is 1.14 bits per heavy atom. The van der Waals surface area contributed by atoms with Gasteiger partial charge in [0, 0.05) is 18.2 Å². The zero-order chi connectivity index (χ0) is 15.4. The molecule has 3 heteroatoms. The Kier molecular flexibility index (Phi) is 4.74. The van der Waals surface area contributed by atoms with Crippen LogP contribution in [0.4, 0.5) is 0 Å². The summed E-state index contributed by atoms with van der Waals surface area (Å²) in [7, 11) is 0. The topological polar surface area (TPSA) is 34.0 Å². The van der Waals surface area contributed by atoms with Crippen LogP contribution < -0.4 is 10.9 Å². The highest BCUT2D eigenvalue weighted by atomic mass is 16.1. The van der Waals surface area contributed by atoms with Gasteiger partial charge in [0.25, 0.3) is 5.56 Å². The van der Waals surface area contributed by atoms with Crippen LogP contribution in [0.15, 0.2) is 47.3 Å². The van der Waals surface area contributed by atoms with Crippen LogP contribution in [0.3, 0.4) is 0 Å². The second-order valence-electron chi connectivity index (χ2n) is 6.05. The molecular weight excluding hydrogens is 272 g/mol. The molecule has 116 valence electrons. The van der Waals surface area contributed by atoms with E-state index >= 15 is 0 Å². The molecule has 2 aromatic rings. The van der Waals surface area contributed by atoms with E-state index in [-0.39, 0.29) is 5.56 Å². The monoisotopic (exact) mass is 296 g/mol. The summed E-state index contributed by atoms with van der Waals surface area (Å²) < 4.78 is 2.01. The molecule has 1 N–H and O–H groups in total. The van der Waals surface area contributed by atoms with Crippen molar-refractivity contribution in [3.8, 4) is 11.3 Å². The zero-order valence-electron chi connectivity index (χ0n) is 13.2. The first kappa shape index (κ1) is 15.0. The highest BCUT2D eigenvalue weighted by Crippen LogP contribution is 2.37. The Hall–Kier alpha value is -1.87. The molecule has 3 nitrogen and oxygen atoms in total. The van der Waals surface area contributed by atoms with Crippen LogP contribution in [0.1, 0.15) is 44.2 Å². The molecule has 1 fully saturated rings. The summed E-state index contributed by atoms with van der Waals surface area (Å²) in [5, 5.41) is 3.38. The van der Waals surface area contributed by atoms with E-state index in [4.69, 9.17) is 0 Å². The maximum Gasteiger partial charge on any atom is 0.255 e. The lowest BCUT2D eigenvalue weighted by atomic mass is 10.1. The van der Waals surface area contributed by atoms with Crippen molar-refractivity contribution in [1.82, 2.24) is 9.88 Å². The molecule has 1 aromatic carbocycles. The average Bonchev–Trinajstić information content (AvgIpc) is 3.38. The van der Waals surface area contributed by atoms with Gasteiger partial charge >= 0.3 is 0 Å². The lowest BCUT2D eigenvalue weighted by molar-refractivity contribution is 0.626. The minimum absolute atomic E-state index is 0.174. The SMILES string of the molecule is CCCCNCc1ccc(-c2ccccc2)n(C2CC2)c1=O. The first-order chi connectivity index (χ1) is 10.8. The van der Waals surface area contributed by atoms with Crippen molar-refractivity contribution in [1.29, 1.82) is 0 Å². The Morgan fingerprint density at radius 2 is 1.91 bits per heavy atom. The van der Waals surface area contributed by atoms with E-state index in [1.807, 2.05) is 28.8 Å². The third kappa shape index (κ3) is 3.30. The van der Waals surface area contributed by atoms with Gasteiger partial charge in [-0.15, -0.1) is 0 Å². The highest BCUT2D eigenvalue weighted by Gasteiger charge is 2.27. The number of hydrogen-bond donors (Lipinski definition) is 1. The Morgan fingerprint density at radius 3 is 2.59 bits per heavy atom. The van der Waals surface area contributed by atoms with Gasteiger partial charge in [0.05, 0.1) is 5.69 Å². The predicted octanol–water partition coefficient (Wildman–Crippen LogP) is 3.74. The third-order valence-electron chi connectivity index (χ3n) is 4.20. The molecule has 1 saturated carbocycles. The van der Waals surface area contributed by atoms with E-state index in [9.17, 15) is 4.79 Å². The molecule has 0 unspecified atom stereocenters. The summed E-state index contributed by atoms with van der Waals surface area (Å²) >= 11 is 0. The lowest BCUT2D eigenvalue weighted by Crippen LogP contribution is -2.28. The number of nitrogens with zero attached hydrogens (tertiary/aromatic N) is 1. The van der Waals surface area contributed by atoms with E-state index in [0.29, 0.717) is 12.6 Å². The lowest BCUT2D eigenvalue weighted by Gasteiger charge is -2.14. The van der Waals surface area contributed by atoms with Crippen molar-refractivity contribution >= 4 is 0 Å². The average molecular weight is 296 g/mol. The van der Waals surface area contributed by atoms with Crippen LogP contribution in [0, 0.1) is 0 Å². The maximum atomic E-state index is 12.8. The van der Waals surface area contributed by atoms with E-state index in [2.05, 4.69) is 30.4 Å². The Balaban J connectivity index is 1.90. The molecule has 0 aliphatic heterocycles. The number of hydrogen-bond acceptors (Lipinski definition) is 2. The van der Waals surface area contributed by atoms with Crippen LogP contribution in [-0.4, -0.2) is 11.1 Å². The number of pyridine rings is 1. The molecule has 3 rings (SSSR count). The number of aromatic nitrogens is 1. The first-order valence-electron chi connectivity index (χ1n) is 8.32. The van der Waals surface area contributed by atoms with Crippen molar-refractivity contribution in [2.24, 2.45) is 0 Å². The van der Waals surface area contributed by atoms with E-state index in [1.165, 1.54) is 6.42 Å². The van der Waals surface area contributed by atoms with Crippen molar-refractivity contribution in [2.45, 2.75) is 45.2 Å². The number of rotatable bonds is 7. The van der Waals surface area contributed by atoms with Gasteiger partial charge in [-0.1, -0.05) is 49.7 Å². The molecule has 0 saturated heterocycles. The Bertz CT molecular complexity index is 672. The maximum absolute atomic E-state index is 12.8. The van der Waals surface area contributed by atoms with Gasteiger partial charge in [0.1, 0.15) is 0 Å². The van der Waals surface area contributed by atoms with Crippen molar-refractivity contribution in [3.05, 3.63) is 58.4 Å². The molecule has 0 amide bonds. The van der Waals surface area contributed by atoms with Gasteiger partial charge in [0.2, 0.25) is 0 Å². The summed E-state index contributed by atoms with van der Waals surface area (Å²) in [6, 6.07) is 14.7. The van der Waals surface area contributed by atoms with Crippen molar-refractivity contribution in [3.63, 3.8) is 0 Å². The van der Waals surface area contributed by atoms with Crippen molar-refractivity contribution < 1.29 is 0 Å². The van der Waals surface area contributed by atoms with Gasteiger partial charge in [-0.25, -0.2) is 0 Å². The van der Waals surface area contributed by atoms with Gasteiger partial charge in [-0.05, 0) is 37.4 Å². The normalized spacial score (nSPS) is 14.2. The molecular formula is C19H24N2O. The second kappa shape index (κ2) is 6.93. The number of benzene rings is 1. The summed E-state index contributed by atoms with van der Waals surface area (Å²) in [4.78, 5) is 12.8. The minimum atomic E-state index is 0.174. The molecule has 0 bridgehead atoms. The minimum Gasteiger partial charge on any atom is -0.312 e. The molecule has 22 heavy (non-hydrogen) atoms. The standard InChI is InChI=1S/C19H24N2O/c1-2-3-13-20-14-16-9-12-18(15-7-5-4-6-8-15)21(19(16)22)17-10-11-17/h4-9,12,17,20H,2-3,10-11,13-14H2,1H3. The molecule has 1 heterocycles. The van der Waals surface area contributed by atoms with E-state index < -0.39 is 0 Å². The van der Waals surface area contributed by atoms with Crippen LogP contribution in [-0.2, 0) is 6.54 Å². The molecule has 1 aliphatic rings. The molecule has 0 atom stereocenters. The Labute approximate surface area is 132 Å². The predicted molar refractivity (Wildman–Crippen MR) is 91.0 cm³/mol. The quantitative estimate of drug-likeness (QED) is 0.790. The first-order valence-corrected chi connectivity index (χ1v) is 8.32. The van der Waals surface area contributed by atoms with Gasteiger partial charge < -0.3 is 9.88 Å². The molecule has 0 radical (unpaired) electrons. The smallest absolute Gasteiger partial charge is 0.255 e. The largest absolute Gasteiger partial charge is 0.312 e. The third-order valence-corrected chi connectivity index (χ3v) is 4.20. The summed E-state index contributed by atoms with van der Waals surface area (Å²) in [6.45, 7) is 3.82. The summed E-state index contributed by atoms with van der Waals surface area (Å²) in [6.07, 6.45) is 4.56. The highest BCUT2D eigenvalue weighted by molar-refractivity contribution is 5.60. The molecule has 0 spiro atoms. The van der Waals surface area contributed by atoms with Gasteiger partial charge in [-0.2, -0.15) is 0 Å². The van der Waals surface area contributed by atoms with Crippen LogP contribution in [0.25, 0.3) is 11.3 Å². The fourth-order valence-electron chi connectivity index (χ4n) is 2.79. The second-order valence-corrected chi connectivity index (χ2v) is 6.05. The summed E-state index contributed by atoms with van der Waals surface area (Å²) in [5.74, 6) is 0. The summed E-state index contributed by atoms with van der Waals surface area (Å²) in [5.41, 5.74) is 3.22. The number of unbranched alkanes of at least 4 members (excludes halogenated alkanes) is 1. The zero-order valence-corrected chi connectivity index (χ0v) is 13.2. The molecule has 1 aliphatic carbocycles. The molecule has 1 aromatic heterocycles. The fourth-order valence-corrected chi connectivity index (χ4v) is 2.79. The van der Waals surface area contributed by atoms with Gasteiger partial charge in [0.15, 0.2) is 0 Å². The van der Waals surface area contributed by atoms with E-state index in [1.54, 1.807) is 0 Å². The van der Waals surface area contributed by atoms with Crippen molar-refractivity contribution in [2.75, 3.05) is 6.54 Å². The van der Waals surface area contributed by atoms with Crippen LogP contribution >= 0.6 is 0 Å². The fraction of sp³-hybridized carbons (Fsp3) is 0.421. The van der Waals surface area contributed by atoms with Crippen LogP contribution in [0.2, 0.25) is 0 Å². The van der Waals surface area contributed by atoms with E-state index in [0.717, 1.165) is 42.6 Å². The number of nitrogens with one attached hydrogen (secondary N) is 1. The van der Waals surface area contributed by atoms with Gasteiger partial charge in [-0.3, -0.25) is 4.79 Å². The van der Waals surface area contributed by atoms with Crippen LogP contribution in [0.5, 0.6) is 0 Å².